The first kappa shape index (κ1) is 16.9. The standard InChI is InChI=1S/C13H15NO6S/c1-20-9-11(13(16)17)14-12(15)7-8-21(18,19)10-5-3-2-4-6-10/h2-8,11H,9H2,1H3,(H,14,15)(H,16,17)/b8-7+. The van der Waals surface area contributed by atoms with Crippen molar-refractivity contribution in [3.8, 4) is 0 Å². The number of nitrogens with one attached hydrogen (secondary N) is 1. The molecule has 8 heteroatoms. The Bertz CT molecular complexity index is 623. The highest BCUT2D eigenvalue weighted by Gasteiger charge is 2.19. The molecule has 1 atom stereocenters. The van der Waals surface area contributed by atoms with E-state index in [2.05, 4.69) is 10.1 Å². The molecule has 0 saturated carbocycles. The molecule has 1 aromatic carbocycles. The van der Waals surface area contributed by atoms with Crippen molar-refractivity contribution in [3.63, 3.8) is 0 Å². The summed E-state index contributed by atoms with van der Waals surface area (Å²) in [5.74, 6) is -2.11. The summed E-state index contributed by atoms with van der Waals surface area (Å²) in [5.41, 5.74) is 0. The minimum Gasteiger partial charge on any atom is -0.480 e. The Morgan fingerprint density at radius 3 is 2.48 bits per heavy atom. The van der Waals surface area contributed by atoms with Crippen LogP contribution in [0.2, 0.25) is 0 Å². The van der Waals surface area contributed by atoms with Gasteiger partial charge in [-0.05, 0) is 12.1 Å². The lowest BCUT2D eigenvalue weighted by molar-refractivity contribution is -0.142. The Hall–Kier alpha value is -2.19. The van der Waals surface area contributed by atoms with E-state index in [0.29, 0.717) is 0 Å². The highest BCUT2D eigenvalue weighted by Crippen LogP contribution is 2.10. The number of ether oxygens (including phenoxy) is 1. The molecule has 0 spiro atoms. The van der Waals surface area contributed by atoms with E-state index in [0.717, 1.165) is 11.5 Å². The first-order chi connectivity index (χ1) is 9.86. The van der Waals surface area contributed by atoms with Gasteiger partial charge in [-0.3, -0.25) is 4.79 Å². The molecule has 0 bridgehead atoms. The third-order valence-electron chi connectivity index (χ3n) is 2.42. The van der Waals surface area contributed by atoms with Crippen LogP contribution in [0.4, 0.5) is 0 Å². The fourth-order valence-electron chi connectivity index (χ4n) is 1.40. The number of benzene rings is 1. The summed E-state index contributed by atoms with van der Waals surface area (Å²) in [4.78, 5) is 22.4. The molecule has 1 aromatic rings. The number of methoxy groups -OCH3 is 1. The number of carboxylic acid groups (broad SMARTS) is 1. The van der Waals surface area contributed by atoms with Crippen molar-refractivity contribution in [2.45, 2.75) is 10.9 Å². The van der Waals surface area contributed by atoms with Gasteiger partial charge in [-0.15, -0.1) is 0 Å². The zero-order valence-corrected chi connectivity index (χ0v) is 12.0. The maximum atomic E-state index is 11.9. The molecule has 114 valence electrons. The van der Waals surface area contributed by atoms with Crippen molar-refractivity contribution < 1.29 is 27.9 Å². The van der Waals surface area contributed by atoms with Crippen molar-refractivity contribution >= 4 is 21.7 Å². The summed E-state index contributed by atoms with van der Waals surface area (Å²) in [6.07, 6.45) is 0.772. The Labute approximate surface area is 122 Å². The van der Waals surface area contributed by atoms with Crippen LogP contribution in [0.5, 0.6) is 0 Å². The Morgan fingerprint density at radius 2 is 1.95 bits per heavy atom. The normalized spacial score (nSPS) is 13.0. The van der Waals surface area contributed by atoms with E-state index in [1.165, 1.54) is 19.2 Å². The SMILES string of the molecule is COCC(NC(=O)/C=C/S(=O)(=O)c1ccccc1)C(=O)O. The Balaban J connectivity index is 2.76. The fourth-order valence-corrected chi connectivity index (χ4v) is 2.40. The number of amides is 1. The molecule has 21 heavy (non-hydrogen) atoms. The topological polar surface area (TPSA) is 110 Å². The third kappa shape index (κ3) is 5.36. The summed E-state index contributed by atoms with van der Waals surface area (Å²) in [6, 6.07) is 6.31. The molecule has 1 amide bonds. The number of rotatable bonds is 7. The predicted octanol–water partition coefficient (Wildman–Crippen LogP) is 0.190. The van der Waals surface area contributed by atoms with Gasteiger partial charge in [-0.25, -0.2) is 13.2 Å². The fraction of sp³-hybridized carbons (Fsp3) is 0.231. The molecule has 0 aliphatic heterocycles. The van der Waals surface area contributed by atoms with Crippen molar-refractivity contribution in [2.24, 2.45) is 0 Å². The zero-order chi connectivity index (χ0) is 15.9. The summed E-state index contributed by atoms with van der Waals surface area (Å²) in [5, 5.41) is 11.7. The van der Waals surface area contributed by atoms with Gasteiger partial charge in [0.1, 0.15) is 0 Å². The number of carboxylic acids is 1. The van der Waals surface area contributed by atoms with Gasteiger partial charge in [-0.1, -0.05) is 18.2 Å². The maximum Gasteiger partial charge on any atom is 0.328 e. The maximum absolute atomic E-state index is 11.9. The van der Waals surface area contributed by atoms with Crippen LogP contribution in [0.15, 0.2) is 46.7 Å². The number of carbonyl (C=O) groups excluding carboxylic acids is 1. The molecular formula is C13H15NO6S. The first-order valence-electron chi connectivity index (χ1n) is 5.87. The van der Waals surface area contributed by atoms with Gasteiger partial charge in [-0.2, -0.15) is 0 Å². The van der Waals surface area contributed by atoms with Gasteiger partial charge in [0.15, 0.2) is 15.9 Å². The second kappa shape index (κ2) is 7.55. The molecule has 0 heterocycles. The van der Waals surface area contributed by atoms with Crippen LogP contribution in [0.25, 0.3) is 0 Å². The van der Waals surface area contributed by atoms with E-state index >= 15 is 0 Å². The van der Waals surface area contributed by atoms with Crippen LogP contribution in [0.1, 0.15) is 0 Å². The van der Waals surface area contributed by atoms with Gasteiger partial charge >= 0.3 is 5.97 Å². The molecule has 0 aromatic heterocycles. The lowest BCUT2D eigenvalue weighted by atomic mass is 10.3. The predicted molar refractivity (Wildman–Crippen MR) is 74.2 cm³/mol. The molecule has 2 N–H and O–H groups in total. The first-order valence-corrected chi connectivity index (χ1v) is 7.42. The lowest BCUT2D eigenvalue weighted by Crippen LogP contribution is -2.43. The van der Waals surface area contributed by atoms with Gasteiger partial charge in [0.25, 0.3) is 0 Å². The van der Waals surface area contributed by atoms with Crippen molar-refractivity contribution in [3.05, 3.63) is 41.8 Å². The second-order valence-electron chi connectivity index (χ2n) is 4.02. The molecule has 0 aliphatic carbocycles. The summed E-state index contributed by atoms with van der Waals surface area (Å²) in [7, 11) is -2.45. The Morgan fingerprint density at radius 1 is 1.33 bits per heavy atom. The van der Waals surface area contributed by atoms with E-state index in [-0.39, 0.29) is 11.5 Å². The third-order valence-corrected chi connectivity index (χ3v) is 3.84. The van der Waals surface area contributed by atoms with Crippen molar-refractivity contribution in [2.75, 3.05) is 13.7 Å². The van der Waals surface area contributed by atoms with E-state index in [9.17, 15) is 18.0 Å². The van der Waals surface area contributed by atoms with Crippen LogP contribution < -0.4 is 5.32 Å². The minimum absolute atomic E-state index is 0.0423. The second-order valence-corrected chi connectivity index (χ2v) is 5.85. The largest absolute Gasteiger partial charge is 0.480 e. The highest BCUT2D eigenvalue weighted by atomic mass is 32.2. The molecule has 0 fully saturated rings. The minimum atomic E-state index is -3.74. The van der Waals surface area contributed by atoms with Gasteiger partial charge in [0.05, 0.1) is 11.5 Å². The van der Waals surface area contributed by atoms with Gasteiger partial charge in [0.2, 0.25) is 5.91 Å². The molecule has 0 saturated heterocycles. The number of aliphatic carboxylic acids is 1. The molecule has 0 aliphatic rings. The Kier molecular flexibility index (Phi) is 6.07. The average Bonchev–Trinajstić information content (AvgIpc) is 2.45. The van der Waals surface area contributed by atoms with Crippen LogP contribution >= 0.6 is 0 Å². The quantitative estimate of drug-likeness (QED) is 0.695. The van der Waals surface area contributed by atoms with E-state index in [1.54, 1.807) is 18.2 Å². The summed E-state index contributed by atoms with van der Waals surface area (Å²) < 4.78 is 28.4. The van der Waals surface area contributed by atoms with Crippen LogP contribution in [-0.4, -0.2) is 45.2 Å². The van der Waals surface area contributed by atoms with E-state index in [4.69, 9.17) is 5.11 Å². The lowest BCUT2D eigenvalue weighted by Gasteiger charge is -2.11. The number of hydrogen-bond donors (Lipinski definition) is 2. The van der Waals surface area contributed by atoms with Crippen molar-refractivity contribution in [1.29, 1.82) is 0 Å². The van der Waals surface area contributed by atoms with Crippen LogP contribution in [0.3, 0.4) is 0 Å². The van der Waals surface area contributed by atoms with Crippen LogP contribution in [-0.2, 0) is 24.2 Å². The smallest absolute Gasteiger partial charge is 0.328 e. The number of hydrogen-bond acceptors (Lipinski definition) is 5. The summed E-state index contributed by atoms with van der Waals surface area (Å²) in [6.45, 7) is -0.222. The highest BCUT2D eigenvalue weighted by molar-refractivity contribution is 7.94. The van der Waals surface area contributed by atoms with Crippen LogP contribution in [0, 0.1) is 0 Å². The van der Waals surface area contributed by atoms with E-state index < -0.39 is 27.8 Å². The summed E-state index contributed by atoms with van der Waals surface area (Å²) >= 11 is 0. The number of sulfone groups is 1. The average molecular weight is 313 g/mol. The monoisotopic (exact) mass is 313 g/mol. The van der Waals surface area contributed by atoms with Crippen molar-refractivity contribution in [1.82, 2.24) is 5.32 Å². The zero-order valence-electron chi connectivity index (χ0n) is 11.2. The molecular weight excluding hydrogens is 298 g/mol. The molecule has 1 unspecified atom stereocenters. The molecule has 7 nitrogen and oxygen atoms in total. The van der Waals surface area contributed by atoms with Gasteiger partial charge in [0, 0.05) is 18.6 Å². The van der Waals surface area contributed by atoms with Gasteiger partial charge < -0.3 is 15.2 Å². The van der Waals surface area contributed by atoms with E-state index in [1.807, 2.05) is 0 Å². The molecule has 0 radical (unpaired) electrons. The number of carbonyl (C=O) groups is 2. The molecule has 1 rings (SSSR count).